The van der Waals surface area contributed by atoms with Crippen molar-refractivity contribution in [2.24, 2.45) is 5.92 Å². The van der Waals surface area contributed by atoms with E-state index in [4.69, 9.17) is 4.74 Å². The van der Waals surface area contributed by atoms with Gasteiger partial charge in [-0.1, -0.05) is 55.5 Å². The standard InChI is InChI=1S/C28H34N4O4S/c1-21-16-32(22(2)19-33)37(34,35)28-12-11-24(10-9-23-7-5-4-6-8-23)13-26(28)36-27(21)18-31(3)17-25-14-29-20-30-15-25/h4-15,20-22,27,33H,16-19H2,1-3H3/t21-,22+,27+/m0/s1. The summed E-state index contributed by atoms with van der Waals surface area (Å²) in [4.78, 5) is 10.4. The van der Waals surface area contributed by atoms with E-state index in [2.05, 4.69) is 14.9 Å². The van der Waals surface area contributed by atoms with Crippen LogP contribution in [-0.2, 0) is 16.6 Å². The predicted molar refractivity (Wildman–Crippen MR) is 144 cm³/mol. The summed E-state index contributed by atoms with van der Waals surface area (Å²) >= 11 is 0. The van der Waals surface area contributed by atoms with Crippen molar-refractivity contribution in [3.05, 3.63) is 83.9 Å². The SMILES string of the molecule is C[C@H](CO)N1C[C@H](C)[C@@H](CN(C)Cc2cncnc2)Oc2cc(C=Cc3ccccc3)ccc2S1(=O)=O. The van der Waals surface area contributed by atoms with Gasteiger partial charge in [-0.25, -0.2) is 18.4 Å². The highest BCUT2D eigenvalue weighted by Crippen LogP contribution is 2.34. The number of hydrogen-bond donors (Lipinski definition) is 1. The maximum atomic E-state index is 13.7. The summed E-state index contributed by atoms with van der Waals surface area (Å²) in [7, 11) is -1.88. The van der Waals surface area contributed by atoms with Crippen molar-refractivity contribution in [3.63, 3.8) is 0 Å². The molecule has 1 N–H and O–H groups in total. The Kier molecular flexibility index (Phi) is 8.71. The van der Waals surface area contributed by atoms with Crippen LogP contribution in [0.5, 0.6) is 5.75 Å². The van der Waals surface area contributed by atoms with E-state index in [0.29, 0.717) is 18.8 Å². The molecule has 0 saturated heterocycles. The first-order chi connectivity index (χ1) is 17.8. The van der Waals surface area contributed by atoms with Gasteiger partial charge in [0.1, 0.15) is 23.1 Å². The maximum absolute atomic E-state index is 13.7. The van der Waals surface area contributed by atoms with Crippen LogP contribution >= 0.6 is 0 Å². The van der Waals surface area contributed by atoms with Gasteiger partial charge in [-0.3, -0.25) is 4.90 Å². The molecule has 0 bridgehead atoms. The first-order valence-electron chi connectivity index (χ1n) is 12.4. The molecule has 1 aliphatic rings. The molecule has 0 radical (unpaired) electrons. The summed E-state index contributed by atoms with van der Waals surface area (Å²) in [5.74, 6) is 0.188. The molecule has 0 saturated carbocycles. The van der Waals surface area contributed by atoms with E-state index < -0.39 is 16.1 Å². The first kappa shape index (κ1) is 26.9. The Bertz CT molecular complexity index is 1300. The van der Waals surface area contributed by atoms with Crippen LogP contribution in [0.3, 0.4) is 0 Å². The van der Waals surface area contributed by atoms with Gasteiger partial charge < -0.3 is 9.84 Å². The van der Waals surface area contributed by atoms with Crippen molar-refractivity contribution in [3.8, 4) is 5.75 Å². The molecule has 0 aliphatic carbocycles. The van der Waals surface area contributed by atoms with Crippen LogP contribution in [-0.4, -0.2) is 71.6 Å². The molecular weight excluding hydrogens is 488 g/mol. The normalized spacial score (nSPS) is 20.7. The number of aliphatic hydroxyl groups excluding tert-OH is 1. The molecule has 0 spiro atoms. The summed E-state index contributed by atoms with van der Waals surface area (Å²) in [5.41, 5.74) is 2.86. The van der Waals surface area contributed by atoms with Crippen molar-refractivity contribution < 1.29 is 18.3 Å². The maximum Gasteiger partial charge on any atom is 0.247 e. The second-order valence-corrected chi connectivity index (χ2v) is 11.5. The summed E-state index contributed by atoms with van der Waals surface area (Å²) in [6.45, 7) is 4.89. The number of hydrogen-bond acceptors (Lipinski definition) is 7. The van der Waals surface area contributed by atoms with Gasteiger partial charge in [0, 0.05) is 49.6 Å². The van der Waals surface area contributed by atoms with Crippen LogP contribution < -0.4 is 4.74 Å². The Morgan fingerprint density at radius 3 is 2.54 bits per heavy atom. The zero-order valence-corrected chi connectivity index (χ0v) is 22.3. The number of rotatable bonds is 8. The fraction of sp³-hybridized carbons (Fsp3) is 0.357. The van der Waals surface area contributed by atoms with Gasteiger partial charge in [-0.05, 0) is 37.2 Å². The number of ether oxygens (including phenoxy) is 1. The molecule has 1 aromatic heterocycles. The summed E-state index contributed by atoms with van der Waals surface area (Å²) in [6.07, 6.45) is 8.70. The highest BCUT2D eigenvalue weighted by Gasteiger charge is 2.38. The average Bonchev–Trinajstić information content (AvgIpc) is 2.90. The quantitative estimate of drug-likeness (QED) is 0.452. The molecule has 8 nitrogen and oxygen atoms in total. The van der Waals surface area contributed by atoms with Crippen molar-refractivity contribution in [1.82, 2.24) is 19.2 Å². The minimum atomic E-state index is -3.88. The van der Waals surface area contributed by atoms with E-state index in [1.54, 1.807) is 37.5 Å². The van der Waals surface area contributed by atoms with Crippen molar-refractivity contribution >= 4 is 22.2 Å². The number of likely N-dealkylation sites (N-methyl/N-ethyl adjacent to an activating group) is 1. The Morgan fingerprint density at radius 1 is 1.14 bits per heavy atom. The number of benzene rings is 2. The number of fused-ring (bicyclic) bond motifs is 1. The Labute approximate surface area is 219 Å². The summed E-state index contributed by atoms with van der Waals surface area (Å²) in [5, 5.41) is 9.85. The molecule has 3 atom stereocenters. The van der Waals surface area contributed by atoms with Crippen LogP contribution in [0.15, 0.2) is 72.1 Å². The molecule has 4 rings (SSSR count). The Balaban J connectivity index is 1.68. The third-order valence-electron chi connectivity index (χ3n) is 6.52. The largest absolute Gasteiger partial charge is 0.487 e. The van der Waals surface area contributed by atoms with Crippen LogP contribution in [0.2, 0.25) is 0 Å². The molecule has 0 unspecified atom stereocenters. The smallest absolute Gasteiger partial charge is 0.247 e. The fourth-order valence-electron chi connectivity index (χ4n) is 4.42. The molecule has 9 heteroatoms. The third kappa shape index (κ3) is 6.61. The van der Waals surface area contributed by atoms with Gasteiger partial charge in [-0.2, -0.15) is 4.31 Å². The lowest BCUT2D eigenvalue weighted by molar-refractivity contribution is 0.0733. The Hall–Kier alpha value is -3.11. The average molecular weight is 523 g/mol. The van der Waals surface area contributed by atoms with Gasteiger partial charge in [0.25, 0.3) is 0 Å². The zero-order chi connectivity index (χ0) is 26.4. The molecule has 37 heavy (non-hydrogen) atoms. The summed E-state index contributed by atoms with van der Waals surface area (Å²) in [6, 6.07) is 14.5. The lowest BCUT2D eigenvalue weighted by Crippen LogP contribution is -2.49. The summed E-state index contributed by atoms with van der Waals surface area (Å²) < 4.78 is 35.2. The highest BCUT2D eigenvalue weighted by atomic mass is 32.2. The van der Waals surface area contributed by atoms with Crippen LogP contribution in [0.4, 0.5) is 0 Å². The number of sulfonamides is 1. The second-order valence-electron chi connectivity index (χ2n) is 9.63. The Morgan fingerprint density at radius 2 is 1.84 bits per heavy atom. The number of aromatic nitrogens is 2. The van der Waals surface area contributed by atoms with Crippen LogP contribution in [0.1, 0.15) is 30.5 Å². The van der Waals surface area contributed by atoms with Gasteiger partial charge in [-0.15, -0.1) is 0 Å². The first-order valence-corrected chi connectivity index (χ1v) is 13.8. The van der Waals surface area contributed by atoms with Crippen LogP contribution in [0.25, 0.3) is 12.2 Å². The lowest BCUT2D eigenvalue weighted by atomic mass is 10.0. The van der Waals surface area contributed by atoms with Gasteiger partial charge in [0.05, 0.1) is 6.61 Å². The van der Waals surface area contributed by atoms with Crippen molar-refractivity contribution in [2.75, 3.05) is 26.7 Å². The van der Waals surface area contributed by atoms with E-state index in [1.165, 1.54) is 10.6 Å². The zero-order valence-electron chi connectivity index (χ0n) is 21.4. The topological polar surface area (TPSA) is 95.9 Å². The van der Waals surface area contributed by atoms with Gasteiger partial charge in [0.15, 0.2) is 0 Å². The van der Waals surface area contributed by atoms with Crippen molar-refractivity contribution in [2.45, 2.75) is 37.4 Å². The van der Waals surface area contributed by atoms with Gasteiger partial charge >= 0.3 is 0 Å². The molecule has 2 aromatic carbocycles. The van der Waals surface area contributed by atoms with Crippen LogP contribution in [0, 0.1) is 5.92 Å². The molecule has 1 aliphatic heterocycles. The number of aliphatic hydroxyl groups is 1. The molecular formula is C28H34N4O4S. The van der Waals surface area contributed by atoms with Crippen molar-refractivity contribution in [1.29, 1.82) is 0 Å². The molecule has 3 aromatic rings. The van der Waals surface area contributed by atoms with E-state index in [9.17, 15) is 13.5 Å². The van der Waals surface area contributed by atoms with E-state index in [1.807, 2.05) is 56.5 Å². The van der Waals surface area contributed by atoms with E-state index in [0.717, 1.165) is 16.7 Å². The van der Waals surface area contributed by atoms with Gasteiger partial charge in [0.2, 0.25) is 10.0 Å². The molecule has 2 heterocycles. The second kappa shape index (κ2) is 12.0. The lowest BCUT2D eigenvalue weighted by Gasteiger charge is -2.37. The number of nitrogens with zero attached hydrogens (tertiary/aromatic N) is 4. The fourth-order valence-corrected chi connectivity index (χ4v) is 6.24. The van der Waals surface area contributed by atoms with E-state index in [-0.39, 0.29) is 30.1 Å². The minimum absolute atomic E-state index is 0.112. The molecule has 196 valence electrons. The third-order valence-corrected chi connectivity index (χ3v) is 8.54. The predicted octanol–water partition coefficient (Wildman–Crippen LogP) is 3.55. The molecule has 0 fully saturated rings. The van der Waals surface area contributed by atoms with E-state index >= 15 is 0 Å². The highest BCUT2D eigenvalue weighted by molar-refractivity contribution is 7.89. The monoisotopic (exact) mass is 522 g/mol. The molecule has 0 amide bonds. The minimum Gasteiger partial charge on any atom is -0.487 e.